The Bertz CT molecular complexity index is 284. The minimum atomic E-state index is -3.30. The molecule has 1 unspecified atom stereocenters. The van der Waals surface area contributed by atoms with Gasteiger partial charge in [0.2, 0.25) is 0 Å². The van der Waals surface area contributed by atoms with Crippen LogP contribution in [0, 0.1) is 5.92 Å². The minimum Gasteiger partial charge on any atom is -0.329 e. The third-order valence-corrected chi connectivity index (χ3v) is 4.14. The van der Waals surface area contributed by atoms with Crippen LogP contribution in [-0.2, 0) is 10.2 Å². The van der Waals surface area contributed by atoms with Crippen molar-refractivity contribution in [3.63, 3.8) is 0 Å². The lowest BCUT2D eigenvalue weighted by molar-refractivity contribution is 0.445. The molecule has 0 aliphatic carbocycles. The standard InChI is InChI=1S/C8H19N3O2S.ClH/c1-7-3-4-11(6-7)14(12,13)10-8(2)5-9;/h7-8,10H,3-6,9H2,1-2H3;1H/t7?,8-;/m1./s1. The highest BCUT2D eigenvalue weighted by atomic mass is 35.5. The Morgan fingerprint density at radius 2 is 2.20 bits per heavy atom. The predicted molar refractivity (Wildman–Crippen MR) is 63.2 cm³/mol. The van der Waals surface area contributed by atoms with Crippen LogP contribution in [0.25, 0.3) is 0 Å². The Kier molecular flexibility index (Phi) is 6.05. The van der Waals surface area contributed by atoms with E-state index in [-0.39, 0.29) is 18.4 Å². The van der Waals surface area contributed by atoms with Gasteiger partial charge in [0.05, 0.1) is 0 Å². The third kappa shape index (κ3) is 4.24. The van der Waals surface area contributed by atoms with E-state index in [1.54, 1.807) is 6.92 Å². The van der Waals surface area contributed by atoms with E-state index in [4.69, 9.17) is 5.73 Å². The molecule has 0 bridgehead atoms. The Morgan fingerprint density at radius 3 is 2.60 bits per heavy atom. The summed E-state index contributed by atoms with van der Waals surface area (Å²) in [6.45, 7) is 5.38. The molecule has 92 valence electrons. The lowest BCUT2D eigenvalue weighted by Crippen LogP contribution is -2.45. The molecular weight excluding hydrogens is 238 g/mol. The maximum atomic E-state index is 11.7. The molecule has 3 N–H and O–H groups in total. The number of hydrogen-bond acceptors (Lipinski definition) is 3. The van der Waals surface area contributed by atoms with E-state index in [2.05, 4.69) is 11.6 Å². The minimum absolute atomic E-state index is 0. The first kappa shape index (κ1) is 15.1. The zero-order chi connectivity index (χ0) is 10.8. The number of hydrogen-bond donors (Lipinski definition) is 2. The van der Waals surface area contributed by atoms with Crippen molar-refractivity contribution in [2.24, 2.45) is 11.7 Å². The highest BCUT2D eigenvalue weighted by Crippen LogP contribution is 2.17. The molecule has 1 rings (SSSR count). The summed E-state index contributed by atoms with van der Waals surface area (Å²) < 4.78 is 27.4. The lowest BCUT2D eigenvalue weighted by Gasteiger charge is -2.19. The molecular formula is C8H20ClN3O2S. The number of halogens is 1. The summed E-state index contributed by atoms with van der Waals surface area (Å²) in [6.07, 6.45) is 0.942. The van der Waals surface area contributed by atoms with Crippen molar-refractivity contribution in [2.75, 3.05) is 19.6 Å². The summed E-state index contributed by atoms with van der Waals surface area (Å²) in [4.78, 5) is 0. The zero-order valence-corrected chi connectivity index (χ0v) is 10.8. The van der Waals surface area contributed by atoms with Crippen molar-refractivity contribution in [1.29, 1.82) is 0 Å². The van der Waals surface area contributed by atoms with Gasteiger partial charge in [-0.1, -0.05) is 6.92 Å². The van der Waals surface area contributed by atoms with E-state index >= 15 is 0 Å². The molecule has 1 saturated heterocycles. The van der Waals surface area contributed by atoms with Crippen LogP contribution in [0.3, 0.4) is 0 Å². The van der Waals surface area contributed by atoms with Gasteiger partial charge in [-0.2, -0.15) is 17.4 Å². The van der Waals surface area contributed by atoms with E-state index in [1.165, 1.54) is 4.31 Å². The molecule has 0 radical (unpaired) electrons. The Hall–Kier alpha value is 0.120. The summed E-state index contributed by atoms with van der Waals surface area (Å²) in [5, 5.41) is 0. The van der Waals surface area contributed by atoms with Gasteiger partial charge in [0.1, 0.15) is 0 Å². The predicted octanol–water partition coefficient (Wildman–Crippen LogP) is -0.0684. The van der Waals surface area contributed by atoms with Crippen LogP contribution >= 0.6 is 12.4 Å². The summed E-state index contributed by atoms with van der Waals surface area (Å²) in [5.41, 5.74) is 5.36. The number of rotatable bonds is 4. The molecule has 2 atom stereocenters. The first-order valence-electron chi connectivity index (χ1n) is 4.93. The second-order valence-corrected chi connectivity index (χ2v) is 5.71. The highest BCUT2D eigenvalue weighted by molar-refractivity contribution is 7.87. The van der Waals surface area contributed by atoms with Crippen LogP contribution in [0.2, 0.25) is 0 Å². The molecule has 0 aromatic heterocycles. The van der Waals surface area contributed by atoms with E-state index in [1.807, 2.05) is 0 Å². The van der Waals surface area contributed by atoms with Crippen molar-refractivity contribution in [3.05, 3.63) is 0 Å². The van der Waals surface area contributed by atoms with Gasteiger partial charge in [0.15, 0.2) is 0 Å². The molecule has 0 spiro atoms. The molecule has 0 aromatic carbocycles. The van der Waals surface area contributed by atoms with Crippen LogP contribution in [0.5, 0.6) is 0 Å². The van der Waals surface area contributed by atoms with E-state index in [0.717, 1.165) is 6.42 Å². The second-order valence-electron chi connectivity index (χ2n) is 4.01. The molecule has 7 heteroatoms. The fourth-order valence-corrected chi connectivity index (χ4v) is 3.04. The molecule has 0 amide bonds. The van der Waals surface area contributed by atoms with Crippen LogP contribution in [0.15, 0.2) is 0 Å². The SMILES string of the molecule is CC1CCN(S(=O)(=O)N[C@H](C)CN)C1.Cl. The topological polar surface area (TPSA) is 75.4 Å². The van der Waals surface area contributed by atoms with Crippen molar-refractivity contribution >= 4 is 22.6 Å². The summed E-state index contributed by atoms with van der Waals surface area (Å²) in [6, 6.07) is -0.198. The fraction of sp³-hybridized carbons (Fsp3) is 1.00. The highest BCUT2D eigenvalue weighted by Gasteiger charge is 2.29. The number of nitrogens with one attached hydrogen (secondary N) is 1. The van der Waals surface area contributed by atoms with Gasteiger partial charge in [-0.3, -0.25) is 0 Å². The smallest absolute Gasteiger partial charge is 0.279 e. The Labute approximate surface area is 98.0 Å². The van der Waals surface area contributed by atoms with Gasteiger partial charge >= 0.3 is 0 Å². The number of nitrogens with zero attached hydrogens (tertiary/aromatic N) is 1. The van der Waals surface area contributed by atoms with Crippen LogP contribution in [0.4, 0.5) is 0 Å². The van der Waals surface area contributed by atoms with Gasteiger partial charge in [-0.15, -0.1) is 12.4 Å². The Morgan fingerprint density at radius 1 is 1.60 bits per heavy atom. The molecule has 1 fully saturated rings. The molecule has 1 aliphatic heterocycles. The molecule has 0 saturated carbocycles. The molecule has 1 aliphatic rings. The van der Waals surface area contributed by atoms with E-state index < -0.39 is 10.2 Å². The van der Waals surface area contributed by atoms with Crippen molar-refractivity contribution in [2.45, 2.75) is 26.3 Å². The van der Waals surface area contributed by atoms with Crippen molar-refractivity contribution in [1.82, 2.24) is 9.03 Å². The average Bonchev–Trinajstić information content (AvgIpc) is 2.51. The van der Waals surface area contributed by atoms with Crippen LogP contribution in [0.1, 0.15) is 20.3 Å². The molecule has 0 aromatic rings. The van der Waals surface area contributed by atoms with Gasteiger partial charge in [-0.25, -0.2) is 0 Å². The Balaban J connectivity index is 0.00000196. The molecule has 15 heavy (non-hydrogen) atoms. The van der Waals surface area contributed by atoms with Crippen LogP contribution in [-0.4, -0.2) is 38.4 Å². The molecule has 1 heterocycles. The maximum absolute atomic E-state index is 11.7. The van der Waals surface area contributed by atoms with Gasteiger partial charge in [-0.05, 0) is 19.3 Å². The lowest BCUT2D eigenvalue weighted by atomic mass is 10.2. The van der Waals surface area contributed by atoms with E-state index in [9.17, 15) is 8.42 Å². The van der Waals surface area contributed by atoms with Gasteiger partial charge in [0, 0.05) is 25.7 Å². The third-order valence-electron chi connectivity index (χ3n) is 2.43. The maximum Gasteiger partial charge on any atom is 0.279 e. The second kappa shape index (κ2) is 6.00. The first-order valence-corrected chi connectivity index (χ1v) is 6.37. The quantitative estimate of drug-likeness (QED) is 0.741. The fourth-order valence-electron chi connectivity index (χ4n) is 1.49. The monoisotopic (exact) mass is 257 g/mol. The number of nitrogens with two attached hydrogens (primary N) is 1. The largest absolute Gasteiger partial charge is 0.329 e. The normalized spacial score (nSPS) is 24.9. The summed E-state index contributed by atoms with van der Waals surface area (Å²) in [5.74, 6) is 0.458. The van der Waals surface area contributed by atoms with E-state index in [0.29, 0.717) is 25.6 Å². The van der Waals surface area contributed by atoms with Crippen molar-refractivity contribution < 1.29 is 8.42 Å². The summed E-state index contributed by atoms with van der Waals surface area (Å²) >= 11 is 0. The van der Waals surface area contributed by atoms with Gasteiger partial charge < -0.3 is 5.73 Å². The van der Waals surface area contributed by atoms with Gasteiger partial charge in [0.25, 0.3) is 10.2 Å². The average molecular weight is 258 g/mol. The van der Waals surface area contributed by atoms with Crippen molar-refractivity contribution in [3.8, 4) is 0 Å². The van der Waals surface area contributed by atoms with Crippen LogP contribution < -0.4 is 10.5 Å². The summed E-state index contributed by atoms with van der Waals surface area (Å²) in [7, 11) is -3.30. The first-order chi connectivity index (χ1) is 6.45. The zero-order valence-electron chi connectivity index (χ0n) is 9.14. The molecule has 5 nitrogen and oxygen atoms in total.